The van der Waals surface area contributed by atoms with Gasteiger partial charge in [0.25, 0.3) is 5.91 Å². The zero-order valence-electron chi connectivity index (χ0n) is 13.2. The second kappa shape index (κ2) is 7.34. The van der Waals surface area contributed by atoms with Gasteiger partial charge >= 0.3 is 0 Å². The standard InChI is InChI=1S/C19H19BrFNO2/c20-16-11-15(21)7-8-17(16)24-12-18(23)22-13-19(9-4-10-19)14-5-2-1-3-6-14/h1-3,5-8,11H,4,9-10,12-13H2,(H,22,23). The number of benzene rings is 2. The quantitative estimate of drug-likeness (QED) is 0.800. The van der Waals surface area contributed by atoms with E-state index >= 15 is 0 Å². The maximum absolute atomic E-state index is 13.0. The normalized spacial score (nSPS) is 15.4. The van der Waals surface area contributed by atoms with Gasteiger partial charge in [-0.25, -0.2) is 4.39 Å². The topological polar surface area (TPSA) is 38.3 Å². The average molecular weight is 392 g/mol. The maximum atomic E-state index is 13.0. The molecule has 1 aliphatic rings. The molecule has 0 saturated heterocycles. The molecule has 126 valence electrons. The number of hydrogen-bond donors (Lipinski definition) is 1. The van der Waals surface area contributed by atoms with Gasteiger partial charge in [0.2, 0.25) is 0 Å². The van der Waals surface area contributed by atoms with Gasteiger partial charge in [0.15, 0.2) is 6.61 Å². The van der Waals surface area contributed by atoms with Gasteiger partial charge in [-0.1, -0.05) is 36.8 Å². The second-order valence-corrected chi connectivity index (χ2v) is 6.99. The Morgan fingerprint density at radius 1 is 1.21 bits per heavy atom. The number of hydrogen-bond acceptors (Lipinski definition) is 2. The van der Waals surface area contributed by atoms with E-state index in [4.69, 9.17) is 4.74 Å². The molecule has 2 aromatic carbocycles. The van der Waals surface area contributed by atoms with E-state index in [0.29, 0.717) is 16.8 Å². The van der Waals surface area contributed by atoms with E-state index in [1.165, 1.54) is 30.2 Å². The van der Waals surface area contributed by atoms with Crippen LogP contribution in [0.3, 0.4) is 0 Å². The molecule has 0 heterocycles. The highest BCUT2D eigenvalue weighted by Gasteiger charge is 2.38. The van der Waals surface area contributed by atoms with Crippen molar-refractivity contribution in [3.05, 3.63) is 64.4 Å². The first-order chi connectivity index (χ1) is 11.6. The molecule has 3 nitrogen and oxygen atoms in total. The van der Waals surface area contributed by atoms with Gasteiger partial charge in [-0.2, -0.15) is 0 Å². The van der Waals surface area contributed by atoms with Gasteiger partial charge in [-0.05, 0) is 52.5 Å². The predicted molar refractivity (Wildman–Crippen MR) is 94.6 cm³/mol. The Balaban J connectivity index is 1.54. The lowest BCUT2D eigenvalue weighted by Gasteiger charge is -2.42. The molecule has 1 N–H and O–H groups in total. The Morgan fingerprint density at radius 3 is 2.58 bits per heavy atom. The number of carbonyl (C=O) groups excluding carboxylic acids is 1. The van der Waals surface area contributed by atoms with Crippen LogP contribution in [0.5, 0.6) is 5.75 Å². The van der Waals surface area contributed by atoms with Crippen molar-refractivity contribution in [2.75, 3.05) is 13.2 Å². The molecule has 2 aromatic rings. The van der Waals surface area contributed by atoms with Crippen LogP contribution in [0.15, 0.2) is 53.0 Å². The van der Waals surface area contributed by atoms with Crippen molar-refractivity contribution in [2.24, 2.45) is 0 Å². The molecule has 1 aliphatic carbocycles. The summed E-state index contributed by atoms with van der Waals surface area (Å²) < 4.78 is 19.0. The van der Waals surface area contributed by atoms with Crippen LogP contribution in [0, 0.1) is 5.82 Å². The summed E-state index contributed by atoms with van der Waals surface area (Å²) in [6.45, 7) is 0.527. The van der Waals surface area contributed by atoms with Crippen LogP contribution in [0.25, 0.3) is 0 Å². The number of halogens is 2. The van der Waals surface area contributed by atoms with Gasteiger partial charge in [-0.15, -0.1) is 0 Å². The Labute approximate surface area is 149 Å². The largest absolute Gasteiger partial charge is 0.483 e. The first-order valence-corrected chi connectivity index (χ1v) is 8.78. The summed E-state index contributed by atoms with van der Waals surface area (Å²) >= 11 is 3.22. The second-order valence-electron chi connectivity index (χ2n) is 6.14. The maximum Gasteiger partial charge on any atom is 0.257 e. The SMILES string of the molecule is O=C(COc1ccc(F)cc1Br)NCC1(c2ccccc2)CCC1. The lowest BCUT2D eigenvalue weighted by atomic mass is 9.64. The lowest BCUT2D eigenvalue weighted by Crippen LogP contribution is -2.46. The molecule has 0 bridgehead atoms. The molecule has 0 unspecified atom stereocenters. The number of nitrogens with one attached hydrogen (secondary N) is 1. The van der Waals surface area contributed by atoms with Crippen molar-refractivity contribution in [3.8, 4) is 5.75 Å². The smallest absolute Gasteiger partial charge is 0.257 e. The fourth-order valence-corrected chi connectivity index (χ4v) is 3.48. The van der Waals surface area contributed by atoms with Crippen molar-refractivity contribution in [1.29, 1.82) is 0 Å². The summed E-state index contributed by atoms with van der Waals surface area (Å²) in [5, 5.41) is 2.97. The number of ether oxygens (including phenoxy) is 1. The first-order valence-electron chi connectivity index (χ1n) is 7.99. The van der Waals surface area contributed by atoms with Gasteiger partial charge in [-0.3, -0.25) is 4.79 Å². The summed E-state index contributed by atoms with van der Waals surface area (Å²) in [6, 6.07) is 14.4. The Bertz CT molecular complexity index is 717. The molecule has 0 atom stereocenters. The molecule has 1 fully saturated rings. The predicted octanol–water partition coefficient (Wildman–Crippen LogP) is 4.21. The minimum Gasteiger partial charge on any atom is -0.483 e. The van der Waals surface area contributed by atoms with E-state index in [0.717, 1.165) is 12.8 Å². The van der Waals surface area contributed by atoms with Crippen molar-refractivity contribution in [1.82, 2.24) is 5.32 Å². The van der Waals surface area contributed by atoms with Gasteiger partial charge in [0.1, 0.15) is 11.6 Å². The van der Waals surface area contributed by atoms with Crippen LogP contribution in [0.2, 0.25) is 0 Å². The highest BCUT2D eigenvalue weighted by Crippen LogP contribution is 2.43. The molecule has 1 amide bonds. The molecular formula is C19H19BrFNO2. The molecule has 1 saturated carbocycles. The van der Waals surface area contributed by atoms with Crippen LogP contribution in [-0.2, 0) is 10.2 Å². The zero-order chi connectivity index (χ0) is 17.0. The minimum atomic E-state index is -0.353. The van der Waals surface area contributed by atoms with Crippen molar-refractivity contribution in [3.63, 3.8) is 0 Å². The zero-order valence-corrected chi connectivity index (χ0v) is 14.8. The fourth-order valence-electron chi connectivity index (χ4n) is 3.02. The highest BCUT2D eigenvalue weighted by atomic mass is 79.9. The molecule has 0 spiro atoms. The number of amides is 1. The number of carbonyl (C=O) groups is 1. The minimum absolute atomic E-state index is 0.0490. The van der Waals surface area contributed by atoms with E-state index < -0.39 is 0 Å². The Hall–Kier alpha value is -1.88. The summed E-state index contributed by atoms with van der Waals surface area (Å²) in [6.07, 6.45) is 3.35. The van der Waals surface area contributed by atoms with Gasteiger partial charge in [0.05, 0.1) is 4.47 Å². The monoisotopic (exact) mass is 391 g/mol. The summed E-state index contributed by atoms with van der Waals surface area (Å²) in [4.78, 5) is 12.1. The molecule has 24 heavy (non-hydrogen) atoms. The van der Waals surface area contributed by atoms with E-state index in [-0.39, 0.29) is 23.7 Å². The molecule has 3 rings (SSSR count). The molecular weight excluding hydrogens is 373 g/mol. The van der Waals surface area contributed by atoms with E-state index in [1.54, 1.807) is 0 Å². The third-order valence-electron chi connectivity index (χ3n) is 4.57. The molecule has 0 aliphatic heterocycles. The summed E-state index contributed by atoms with van der Waals surface area (Å²) in [7, 11) is 0. The summed E-state index contributed by atoms with van der Waals surface area (Å²) in [5.74, 6) is -0.0742. The lowest BCUT2D eigenvalue weighted by molar-refractivity contribution is -0.123. The summed E-state index contributed by atoms with van der Waals surface area (Å²) in [5.41, 5.74) is 1.33. The first kappa shape index (κ1) is 17.0. The van der Waals surface area contributed by atoms with Crippen molar-refractivity contribution < 1.29 is 13.9 Å². The van der Waals surface area contributed by atoms with Crippen molar-refractivity contribution in [2.45, 2.75) is 24.7 Å². The average Bonchev–Trinajstić information content (AvgIpc) is 2.54. The van der Waals surface area contributed by atoms with E-state index in [9.17, 15) is 9.18 Å². The third kappa shape index (κ3) is 3.78. The number of rotatable bonds is 6. The van der Waals surface area contributed by atoms with E-state index in [1.807, 2.05) is 18.2 Å². The van der Waals surface area contributed by atoms with Crippen molar-refractivity contribution >= 4 is 21.8 Å². The molecule has 0 radical (unpaired) electrons. The third-order valence-corrected chi connectivity index (χ3v) is 5.19. The highest BCUT2D eigenvalue weighted by molar-refractivity contribution is 9.10. The van der Waals surface area contributed by atoms with Crippen LogP contribution in [0.1, 0.15) is 24.8 Å². The van der Waals surface area contributed by atoms with Crippen LogP contribution < -0.4 is 10.1 Å². The van der Waals surface area contributed by atoms with Crippen LogP contribution in [0.4, 0.5) is 4.39 Å². The van der Waals surface area contributed by atoms with Crippen LogP contribution in [-0.4, -0.2) is 19.1 Å². The van der Waals surface area contributed by atoms with E-state index in [2.05, 4.69) is 33.4 Å². The van der Waals surface area contributed by atoms with Gasteiger partial charge < -0.3 is 10.1 Å². The van der Waals surface area contributed by atoms with Gasteiger partial charge in [0, 0.05) is 12.0 Å². The van der Waals surface area contributed by atoms with Crippen LogP contribution >= 0.6 is 15.9 Å². The Morgan fingerprint density at radius 2 is 1.96 bits per heavy atom. The Kier molecular flexibility index (Phi) is 5.19. The fraction of sp³-hybridized carbons (Fsp3) is 0.316. The molecule has 5 heteroatoms. The molecule has 0 aromatic heterocycles.